The number of hydrogen-bond donors (Lipinski definition) is 0. The van der Waals surface area contributed by atoms with E-state index in [1.807, 2.05) is 0 Å². The normalized spacial score (nSPS) is 30.5. The van der Waals surface area contributed by atoms with Crippen LogP contribution in [0.3, 0.4) is 0 Å². The first-order chi connectivity index (χ1) is 8.59. The zero-order valence-electron chi connectivity index (χ0n) is 10.9. The third-order valence-corrected chi connectivity index (χ3v) is 4.48. The highest BCUT2D eigenvalue weighted by molar-refractivity contribution is 9.09. The number of alkyl halides is 3. The first-order valence-electron chi connectivity index (χ1n) is 6.97. The maximum Gasteiger partial charge on any atom is 0.248 e. The van der Waals surface area contributed by atoms with Gasteiger partial charge in [-0.2, -0.15) is 0 Å². The maximum atomic E-state index is 13.3. The molecule has 1 aliphatic heterocycles. The summed E-state index contributed by atoms with van der Waals surface area (Å²) in [5, 5.41) is 1.02. The molecule has 106 valence electrons. The Kier molecular flexibility index (Phi) is 5.39. The van der Waals surface area contributed by atoms with Crippen molar-refractivity contribution in [2.75, 3.05) is 44.6 Å². The van der Waals surface area contributed by atoms with Crippen LogP contribution >= 0.6 is 15.9 Å². The van der Waals surface area contributed by atoms with Crippen molar-refractivity contribution in [1.82, 2.24) is 9.80 Å². The Morgan fingerprint density at radius 3 is 2.39 bits per heavy atom. The molecule has 1 saturated heterocycles. The summed E-state index contributed by atoms with van der Waals surface area (Å²) in [6, 6.07) is 0. The molecule has 0 aromatic heterocycles. The highest BCUT2D eigenvalue weighted by Crippen LogP contribution is 2.36. The third kappa shape index (κ3) is 4.42. The summed E-state index contributed by atoms with van der Waals surface area (Å²) in [5.74, 6) is -2.20. The lowest BCUT2D eigenvalue weighted by molar-refractivity contribution is -0.0583. The molecule has 1 unspecified atom stereocenters. The van der Waals surface area contributed by atoms with Gasteiger partial charge in [-0.25, -0.2) is 8.78 Å². The van der Waals surface area contributed by atoms with Crippen molar-refractivity contribution in [3.63, 3.8) is 0 Å². The van der Waals surface area contributed by atoms with Crippen LogP contribution in [0.5, 0.6) is 0 Å². The van der Waals surface area contributed by atoms with Crippen LogP contribution in [0, 0.1) is 5.92 Å². The summed E-state index contributed by atoms with van der Waals surface area (Å²) in [4.78, 5) is 4.80. The SMILES string of the molecule is FC1(F)CCCC(CN2CCN(CCBr)CC2)C1. The Morgan fingerprint density at radius 1 is 1.11 bits per heavy atom. The zero-order chi connectivity index (χ0) is 13.0. The van der Waals surface area contributed by atoms with Gasteiger partial charge in [0.25, 0.3) is 0 Å². The van der Waals surface area contributed by atoms with Crippen molar-refractivity contribution in [2.45, 2.75) is 31.6 Å². The zero-order valence-corrected chi connectivity index (χ0v) is 12.5. The van der Waals surface area contributed by atoms with Crippen LogP contribution in [-0.4, -0.2) is 60.3 Å². The number of halogens is 3. The second-order valence-electron chi connectivity index (χ2n) is 5.65. The van der Waals surface area contributed by atoms with E-state index in [0.717, 1.165) is 51.0 Å². The molecule has 0 bridgehead atoms. The fraction of sp³-hybridized carbons (Fsp3) is 1.00. The van der Waals surface area contributed by atoms with Crippen molar-refractivity contribution in [1.29, 1.82) is 0 Å². The number of piperazine rings is 1. The molecule has 1 aliphatic carbocycles. The average Bonchev–Trinajstić information content (AvgIpc) is 2.31. The summed E-state index contributed by atoms with van der Waals surface area (Å²) in [7, 11) is 0. The predicted octanol–water partition coefficient (Wildman–Crippen LogP) is 2.82. The van der Waals surface area contributed by atoms with Gasteiger partial charge in [0.05, 0.1) is 0 Å². The van der Waals surface area contributed by atoms with Crippen molar-refractivity contribution >= 4 is 15.9 Å². The molecule has 0 spiro atoms. The molecule has 0 aromatic rings. The second-order valence-corrected chi connectivity index (χ2v) is 6.44. The highest BCUT2D eigenvalue weighted by Gasteiger charge is 2.36. The smallest absolute Gasteiger partial charge is 0.248 e. The van der Waals surface area contributed by atoms with Crippen molar-refractivity contribution in [3.8, 4) is 0 Å². The van der Waals surface area contributed by atoms with E-state index in [2.05, 4.69) is 25.7 Å². The molecule has 2 fully saturated rings. The van der Waals surface area contributed by atoms with Gasteiger partial charge in [-0.3, -0.25) is 4.90 Å². The second kappa shape index (κ2) is 6.62. The standard InChI is InChI=1S/C13H23BrF2N2/c14-4-5-17-6-8-18(9-7-17)11-12-2-1-3-13(15,16)10-12/h12H,1-11H2. The average molecular weight is 325 g/mol. The summed E-state index contributed by atoms with van der Waals surface area (Å²) in [6.07, 6.45) is 1.88. The molecule has 0 N–H and O–H groups in total. The van der Waals surface area contributed by atoms with Crippen LogP contribution in [0.25, 0.3) is 0 Å². The van der Waals surface area contributed by atoms with Crippen LogP contribution in [0.15, 0.2) is 0 Å². The van der Waals surface area contributed by atoms with Gasteiger partial charge in [0.2, 0.25) is 5.92 Å². The Balaban J connectivity index is 1.71. The van der Waals surface area contributed by atoms with Gasteiger partial charge in [-0.1, -0.05) is 15.9 Å². The minimum absolute atomic E-state index is 0.0997. The van der Waals surface area contributed by atoms with Crippen LogP contribution in [-0.2, 0) is 0 Å². The molecule has 1 atom stereocenters. The summed E-state index contributed by atoms with van der Waals surface area (Å²) < 4.78 is 26.7. The highest BCUT2D eigenvalue weighted by atomic mass is 79.9. The van der Waals surface area contributed by atoms with Gasteiger partial charge in [0.1, 0.15) is 0 Å². The van der Waals surface area contributed by atoms with Gasteiger partial charge in [0.15, 0.2) is 0 Å². The number of nitrogens with zero attached hydrogens (tertiary/aromatic N) is 2. The van der Waals surface area contributed by atoms with E-state index in [9.17, 15) is 8.78 Å². The van der Waals surface area contributed by atoms with Crippen LogP contribution < -0.4 is 0 Å². The largest absolute Gasteiger partial charge is 0.301 e. The molecule has 1 saturated carbocycles. The fourth-order valence-electron chi connectivity index (χ4n) is 3.11. The first kappa shape index (κ1) is 14.7. The minimum Gasteiger partial charge on any atom is -0.301 e. The molecule has 1 heterocycles. The molecule has 2 nitrogen and oxygen atoms in total. The number of rotatable bonds is 4. The Hall–Kier alpha value is 0.260. The monoisotopic (exact) mass is 324 g/mol. The Bertz CT molecular complexity index is 255. The van der Waals surface area contributed by atoms with Crippen LogP contribution in [0.1, 0.15) is 25.7 Å². The molecule has 2 aliphatic rings. The molecule has 0 radical (unpaired) electrons. The van der Waals surface area contributed by atoms with Gasteiger partial charge in [0, 0.05) is 57.4 Å². The van der Waals surface area contributed by atoms with Crippen molar-refractivity contribution < 1.29 is 8.78 Å². The molecule has 2 rings (SSSR count). The summed E-state index contributed by atoms with van der Waals surface area (Å²) >= 11 is 3.45. The molecule has 18 heavy (non-hydrogen) atoms. The molecular weight excluding hydrogens is 302 g/mol. The minimum atomic E-state index is -2.40. The topological polar surface area (TPSA) is 6.48 Å². The molecule has 0 aromatic carbocycles. The van der Waals surface area contributed by atoms with E-state index in [0.29, 0.717) is 6.42 Å². The maximum absolute atomic E-state index is 13.3. The summed E-state index contributed by atoms with van der Waals surface area (Å²) in [5.41, 5.74) is 0. The molecule has 5 heteroatoms. The van der Waals surface area contributed by atoms with E-state index in [1.165, 1.54) is 0 Å². The van der Waals surface area contributed by atoms with Gasteiger partial charge in [-0.15, -0.1) is 0 Å². The van der Waals surface area contributed by atoms with E-state index < -0.39 is 5.92 Å². The third-order valence-electron chi connectivity index (χ3n) is 4.12. The van der Waals surface area contributed by atoms with E-state index in [4.69, 9.17) is 0 Å². The van der Waals surface area contributed by atoms with E-state index in [1.54, 1.807) is 0 Å². The van der Waals surface area contributed by atoms with Crippen LogP contribution in [0.2, 0.25) is 0 Å². The van der Waals surface area contributed by atoms with E-state index in [-0.39, 0.29) is 18.8 Å². The van der Waals surface area contributed by atoms with Gasteiger partial charge in [-0.05, 0) is 18.8 Å². The van der Waals surface area contributed by atoms with Crippen LogP contribution in [0.4, 0.5) is 8.78 Å². The lowest BCUT2D eigenvalue weighted by Gasteiger charge is -2.38. The lowest BCUT2D eigenvalue weighted by Crippen LogP contribution is -2.48. The lowest BCUT2D eigenvalue weighted by atomic mass is 9.86. The number of hydrogen-bond acceptors (Lipinski definition) is 2. The fourth-order valence-corrected chi connectivity index (χ4v) is 3.61. The molecule has 0 amide bonds. The predicted molar refractivity (Wildman–Crippen MR) is 73.6 cm³/mol. The van der Waals surface area contributed by atoms with E-state index >= 15 is 0 Å². The first-order valence-corrected chi connectivity index (χ1v) is 8.10. The van der Waals surface area contributed by atoms with Crippen molar-refractivity contribution in [2.24, 2.45) is 5.92 Å². The summed E-state index contributed by atoms with van der Waals surface area (Å²) in [6.45, 7) is 6.20. The quantitative estimate of drug-likeness (QED) is 0.734. The Labute approximate surface area is 117 Å². The van der Waals surface area contributed by atoms with Gasteiger partial charge < -0.3 is 4.90 Å². The van der Waals surface area contributed by atoms with Crippen molar-refractivity contribution in [3.05, 3.63) is 0 Å². The van der Waals surface area contributed by atoms with Gasteiger partial charge >= 0.3 is 0 Å². The molecular formula is C13H23BrF2N2. The Morgan fingerprint density at radius 2 is 1.78 bits per heavy atom.